The van der Waals surface area contributed by atoms with Crippen molar-refractivity contribution in [1.29, 1.82) is 0 Å². The summed E-state index contributed by atoms with van der Waals surface area (Å²) in [4.78, 5) is 49.5. The predicted octanol–water partition coefficient (Wildman–Crippen LogP) is 4.94. The molecule has 6 heteroatoms. The van der Waals surface area contributed by atoms with Crippen molar-refractivity contribution in [3.8, 4) is 0 Å². The Labute approximate surface area is 219 Å². The van der Waals surface area contributed by atoms with Crippen molar-refractivity contribution in [2.24, 2.45) is 5.92 Å². The van der Waals surface area contributed by atoms with Crippen LogP contribution >= 0.6 is 0 Å². The van der Waals surface area contributed by atoms with Gasteiger partial charge in [-0.1, -0.05) is 84.9 Å². The Bertz CT molecular complexity index is 1630. The Hall–Kier alpha value is -4.84. The molecular formula is C32H23N3O3. The quantitative estimate of drug-likeness (QED) is 0.404. The second kappa shape index (κ2) is 8.35. The molecule has 7 rings (SSSR count). The van der Waals surface area contributed by atoms with Crippen LogP contribution in [0.2, 0.25) is 0 Å². The minimum absolute atomic E-state index is 0.205. The van der Waals surface area contributed by atoms with E-state index in [1.165, 1.54) is 0 Å². The number of nitrogens with zero attached hydrogens (tertiary/aromatic N) is 2. The van der Waals surface area contributed by atoms with Crippen LogP contribution in [-0.2, 0) is 10.2 Å². The Balaban J connectivity index is 1.55. The fourth-order valence-electron chi connectivity index (χ4n) is 6.56. The molecule has 0 aliphatic carbocycles. The first kappa shape index (κ1) is 22.4. The fraction of sp³-hybridized carbons (Fsp3) is 0.125. The maximum Gasteiger partial charge on any atom is 0.238 e. The number of hydrogen-bond acceptors (Lipinski definition) is 5. The number of carbonyl (C=O) groups excluding carboxylic acids is 3. The first-order valence-electron chi connectivity index (χ1n) is 12.6. The van der Waals surface area contributed by atoms with Crippen molar-refractivity contribution in [1.82, 2.24) is 4.98 Å². The third-order valence-electron chi connectivity index (χ3n) is 8.07. The standard InChI is InChI=1S/C32H23N3O3/c36-29(21-11-2-1-3-12-21)28-27(30(37)24-15-8-9-19-33-24)32(22-13-5-6-14-23(22)34-31(32)38)26-18-17-20-10-4-7-16-25(20)35(26)28/h1-19,26-28H,(H,34,38)/t26-,27+,28-,32+/m0/s1. The molecule has 1 N–H and O–H groups in total. The van der Waals surface area contributed by atoms with E-state index in [-0.39, 0.29) is 23.2 Å². The highest BCUT2D eigenvalue weighted by Gasteiger charge is 2.70. The molecule has 0 saturated carbocycles. The molecule has 0 unspecified atom stereocenters. The first-order valence-corrected chi connectivity index (χ1v) is 12.6. The molecule has 3 aliphatic heterocycles. The smallest absolute Gasteiger partial charge is 0.238 e. The third-order valence-corrected chi connectivity index (χ3v) is 8.07. The fourth-order valence-corrected chi connectivity index (χ4v) is 6.56. The second-order valence-electron chi connectivity index (χ2n) is 9.87. The van der Waals surface area contributed by atoms with E-state index in [0.717, 1.165) is 16.8 Å². The molecule has 1 saturated heterocycles. The number of para-hydroxylation sites is 2. The lowest BCUT2D eigenvalue weighted by atomic mass is 9.64. The minimum atomic E-state index is -1.33. The number of anilines is 2. The number of amides is 1. The van der Waals surface area contributed by atoms with Crippen LogP contribution in [0.1, 0.15) is 32.0 Å². The molecule has 4 heterocycles. The topological polar surface area (TPSA) is 79.4 Å². The SMILES string of the molecule is O=C(c1ccccc1)[C@@H]1[C@H](C(=O)c2ccccn2)[C@]2(C(=O)Nc3ccccc32)[C@@H]2C=Cc3ccccc3N12. The van der Waals surface area contributed by atoms with Crippen molar-refractivity contribution in [3.05, 3.63) is 132 Å². The number of Topliss-reactive ketones (excluding diaryl/α,β-unsaturated/α-hetero) is 2. The Morgan fingerprint density at radius 1 is 0.816 bits per heavy atom. The zero-order chi connectivity index (χ0) is 25.9. The monoisotopic (exact) mass is 497 g/mol. The molecule has 184 valence electrons. The average Bonchev–Trinajstić information content (AvgIpc) is 3.45. The van der Waals surface area contributed by atoms with Gasteiger partial charge in [0.1, 0.15) is 17.2 Å². The number of nitrogens with one attached hydrogen (secondary N) is 1. The van der Waals surface area contributed by atoms with Crippen molar-refractivity contribution in [2.75, 3.05) is 10.2 Å². The number of rotatable bonds is 4. The maximum atomic E-state index is 14.5. The summed E-state index contributed by atoms with van der Waals surface area (Å²) in [7, 11) is 0. The van der Waals surface area contributed by atoms with E-state index in [4.69, 9.17) is 0 Å². The number of benzene rings is 3. The molecule has 3 aliphatic rings. The maximum absolute atomic E-state index is 14.5. The highest BCUT2D eigenvalue weighted by atomic mass is 16.2. The van der Waals surface area contributed by atoms with Gasteiger partial charge in [-0.25, -0.2) is 0 Å². The predicted molar refractivity (Wildman–Crippen MR) is 145 cm³/mol. The number of ketones is 2. The number of pyridine rings is 1. The van der Waals surface area contributed by atoms with Gasteiger partial charge >= 0.3 is 0 Å². The van der Waals surface area contributed by atoms with Crippen LogP contribution in [-0.4, -0.2) is 34.5 Å². The van der Waals surface area contributed by atoms with Crippen molar-refractivity contribution < 1.29 is 14.4 Å². The lowest BCUT2D eigenvalue weighted by molar-refractivity contribution is -0.121. The summed E-state index contributed by atoms with van der Waals surface area (Å²) in [5, 5.41) is 3.04. The van der Waals surface area contributed by atoms with Crippen LogP contribution in [0.25, 0.3) is 6.08 Å². The molecule has 0 bridgehead atoms. The Kier molecular flexibility index (Phi) is 4.91. The van der Waals surface area contributed by atoms with Gasteiger partial charge in [0, 0.05) is 23.1 Å². The highest BCUT2D eigenvalue weighted by molar-refractivity contribution is 6.18. The summed E-state index contributed by atoms with van der Waals surface area (Å²) in [6, 6.07) is 27.9. The molecule has 1 amide bonds. The summed E-state index contributed by atoms with van der Waals surface area (Å²) in [6.07, 6.45) is 5.53. The van der Waals surface area contributed by atoms with Gasteiger partial charge in [0.05, 0.1) is 12.0 Å². The van der Waals surface area contributed by atoms with Crippen molar-refractivity contribution in [2.45, 2.75) is 17.5 Å². The van der Waals surface area contributed by atoms with Gasteiger partial charge in [0.15, 0.2) is 11.6 Å². The van der Waals surface area contributed by atoms with Gasteiger partial charge in [-0.15, -0.1) is 0 Å². The zero-order valence-electron chi connectivity index (χ0n) is 20.3. The molecule has 4 atom stereocenters. The molecule has 6 nitrogen and oxygen atoms in total. The van der Waals surface area contributed by atoms with Crippen LogP contribution in [0.3, 0.4) is 0 Å². The van der Waals surface area contributed by atoms with Crippen LogP contribution in [0, 0.1) is 5.92 Å². The largest absolute Gasteiger partial charge is 0.352 e. The second-order valence-corrected chi connectivity index (χ2v) is 9.87. The normalized spacial score (nSPS) is 24.5. The lowest BCUT2D eigenvalue weighted by Crippen LogP contribution is -2.51. The number of carbonyl (C=O) groups is 3. The number of aromatic nitrogens is 1. The van der Waals surface area contributed by atoms with E-state index in [2.05, 4.69) is 10.3 Å². The van der Waals surface area contributed by atoms with Gasteiger partial charge in [-0.3, -0.25) is 19.4 Å². The molecular weight excluding hydrogens is 474 g/mol. The highest BCUT2D eigenvalue weighted by Crippen LogP contribution is 2.58. The molecule has 4 aromatic rings. The van der Waals surface area contributed by atoms with Gasteiger partial charge in [-0.05, 0) is 35.4 Å². The van der Waals surface area contributed by atoms with E-state index < -0.39 is 23.4 Å². The summed E-state index contributed by atoms with van der Waals surface area (Å²) in [5.41, 5.74) is 2.54. The van der Waals surface area contributed by atoms with Crippen LogP contribution < -0.4 is 10.2 Å². The van der Waals surface area contributed by atoms with Crippen molar-refractivity contribution in [3.63, 3.8) is 0 Å². The molecule has 38 heavy (non-hydrogen) atoms. The Morgan fingerprint density at radius 3 is 2.37 bits per heavy atom. The van der Waals surface area contributed by atoms with Crippen LogP contribution in [0.15, 0.2) is 109 Å². The van der Waals surface area contributed by atoms with E-state index in [0.29, 0.717) is 11.3 Å². The van der Waals surface area contributed by atoms with E-state index in [1.807, 2.05) is 83.8 Å². The van der Waals surface area contributed by atoms with Gasteiger partial charge in [0.2, 0.25) is 5.91 Å². The van der Waals surface area contributed by atoms with E-state index >= 15 is 0 Å². The van der Waals surface area contributed by atoms with Crippen LogP contribution in [0.4, 0.5) is 11.4 Å². The zero-order valence-corrected chi connectivity index (χ0v) is 20.3. The van der Waals surface area contributed by atoms with Crippen molar-refractivity contribution >= 4 is 34.9 Å². The lowest BCUT2D eigenvalue weighted by Gasteiger charge is -2.37. The summed E-state index contributed by atoms with van der Waals surface area (Å²) < 4.78 is 0. The summed E-state index contributed by atoms with van der Waals surface area (Å²) in [6.45, 7) is 0. The Morgan fingerprint density at radius 2 is 1.55 bits per heavy atom. The van der Waals surface area contributed by atoms with Crippen LogP contribution in [0.5, 0.6) is 0 Å². The molecule has 1 fully saturated rings. The van der Waals surface area contributed by atoms with Gasteiger partial charge in [0.25, 0.3) is 0 Å². The van der Waals surface area contributed by atoms with Gasteiger partial charge < -0.3 is 10.2 Å². The number of fused-ring (bicyclic) bond motifs is 6. The molecule has 0 radical (unpaired) electrons. The summed E-state index contributed by atoms with van der Waals surface area (Å²) >= 11 is 0. The third kappa shape index (κ3) is 2.94. The number of hydrogen-bond donors (Lipinski definition) is 1. The van der Waals surface area contributed by atoms with E-state index in [9.17, 15) is 14.4 Å². The minimum Gasteiger partial charge on any atom is -0.352 e. The molecule has 1 aromatic heterocycles. The molecule has 1 spiro atoms. The summed E-state index contributed by atoms with van der Waals surface area (Å²) in [5.74, 6) is -1.83. The first-order chi connectivity index (χ1) is 18.6. The molecule has 3 aromatic carbocycles. The van der Waals surface area contributed by atoms with E-state index in [1.54, 1.807) is 36.5 Å². The van der Waals surface area contributed by atoms with Gasteiger partial charge in [-0.2, -0.15) is 0 Å². The average molecular weight is 498 g/mol.